The number of carbonyl (C=O) groups is 2. The lowest BCUT2D eigenvalue weighted by atomic mass is 10.2. The number of ether oxygens (including phenoxy) is 1. The Bertz CT molecular complexity index is 1130. The quantitative estimate of drug-likeness (QED) is 0.613. The maximum absolute atomic E-state index is 12.6. The molecule has 2 aliphatic heterocycles. The molecular weight excluding hydrogens is 464 g/mol. The van der Waals surface area contributed by atoms with Crippen LogP contribution in [0.3, 0.4) is 0 Å². The van der Waals surface area contributed by atoms with Crippen molar-refractivity contribution < 1.29 is 14.3 Å². The van der Waals surface area contributed by atoms with Gasteiger partial charge in [-0.05, 0) is 49.7 Å². The van der Waals surface area contributed by atoms with E-state index in [0.29, 0.717) is 16.8 Å². The lowest BCUT2D eigenvalue weighted by Crippen LogP contribution is -2.37. The van der Waals surface area contributed by atoms with Gasteiger partial charge in [-0.3, -0.25) is 14.5 Å². The Kier molecular flexibility index (Phi) is 6.92. The lowest BCUT2D eigenvalue weighted by molar-refractivity contribution is -0.116. The Morgan fingerprint density at radius 1 is 1.22 bits per heavy atom. The van der Waals surface area contributed by atoms with E-state index in [4.69, 9.17) is 17.0 Å². The molecule has 0 aromatic heterocycles. The topological polar surface area (TPSA) is 83.4 Å². The van der Waals surface area contributed by atoms with Crippen molar-refractivity contribution in [2.24, 2.45) is 9.98 Å². The summed E-state index contributed by atoms with van der Waals surface area (Å²) in [5, 5.41) is 2.55. The molecule has 32 heavy (non-hydrogen) atoms. The maximum Gasteiger partial charge on any atom is 0.269 e. The number of nitrogens with zero attached hydrogens (tertiary/aromatic N) is 3. The third kappa shape index (κ3) is 4.87. The molecule has 0 saturated carbocycles. The van der Waals surface area contributed by atoms with Crippen LogP contribution in [0.4, 0.5) is 11.4 Å². The van der Waals surface area contributed by atoms with Crippen LogP contribution < -0.4 is 15.0 Å². The highest BCUT2D eigenvalue weighted by atomic mass is 32.2. The van der Waals surface area contributed by atoms with Crippen LogP contribution in [0.1, 0.15) is 12.5 Å². The molecule has 2 aromatic carbocycles. The number of hydrogen-bond acceptors (Lipinski definition) is 7. The van der Waals surface area contributed by atoms with E-state index in [9.17, 15) is 9.59 Å². The third-order valence-corrected chi connectivity index (χ3v) is 7.01. The Morgan fingerprint density at radius 3 is 2.69 bits per heavy atom. The van der Waals surface area contributed by atoms with Crippen LogP contribution in [0.15, 0.2) is 58.5 Å². The van der Waals surface area contributed by atoms with Crippen LogP contribution in [0.5, 0.6) is 5.75 Å². The number of benzene rings is 2. The van der Waals surface area contributed by atoms with Crippen molar-refractivity contribution in [3.05, 3.63) is 54.1 Å². The Morgan fingerprint density at radius 2 is 1.97 bits per heavy atom. The fraction of sp³-hybridized carbons (Fsp3) is 0.227. The lowest BCUT2D eigenvalue weighted by Gasteiger charge is -2.21. The highest BCUT2D eigenvalue weighted by Gasteiger charge is 2.43. The number of amidine groups is 2. The van der Waals surface area contributed by atoms with Gasteiger partial charge in [-0.25, -0.2) is 4.99 Å². The fourth-order valence-corrected chi connectivity index (χ4v) is 5.21. The average Bonchev–Trinajstić information content (AvgIpc) is 3.11. The zero-order valence-electron chi connectivity index (χ0n) is 17.4. The number of carbonyl (C=O) groups excluding carboxylic acids is 2. The van der Waals surface area contributed by atoms with Crippen LogP contribution >= 0.6 is 35.7 Å². The summed E-state index contributed by atoms with van der Waals surface area (Å²) in [6.45, 7) is 4.43. The first-order valence-corrected chi connectivity index (χ1v) is 12.2. The number of thiocarbonyl (C=S) groups is 1. The molecule has 0 spiro atoms. The molecule has 7 nitrogen and oxygen atoms in total. The minimum Gasteiger partial charge on any atom is -0.494 e. The Hall–Kier alpha value is -2.69. The Balaban J connectivity index is 1.48. The van der Waals surface area contributed by atoms with Crippen LogP contribution in [0.2, 0.25) is 0 Å². The molecule has 1 saturated heterocycles. The first-order valence-electron chi connectivity index (χ1n) is 9.89. The highest BCUT2D eigenvalue weighted by molar-refractivity contribution is 8.25. The van der Waals surface area contributed by atoms with Crippen LogP contribution in [-0.2, 0) is 9.59 Å². The molecule has 2 aromatic rings. The number of anilines is 2. The smallest absolute Gasteiger partial charge is 0.269 e. The average molecular weight is 485 g/mol. The summed E-state index contributed by atoms with van der Waals surface area (Å²) in [5.74, 6) is 0.845. The number of hydrogen-bond donors (Lipinski definition) is 1. The molecule has 1 atom stereocenters. The van der Waals surface area contributed by atoms with Gasteiger partial charge in [0.1, 0.15) is 15.9 Å². The van der Waals surface area contributed by atoms with Crippen molar-refractivity contribution in [1.29, 1.82) is 0 Å². The molecule has 2 aliphatic rings. The maximum atomic E-state index is 12.6. The molecule has 1 fully saturated rings. The van der Waals surface area contributed by atoms with Crippen molar-refractivity contribution >= 4 is 74.3 Å². The number of aryl methyl sites for hydroxylation is 1. The summed E-state index contributed by atoms with van der Waals surface area (Å²) >= 11 is 7.88. The third-order valence-electron chi connectivity index (χ3n) is 4.66. The zero-order valence-corrected chi connectivity index (χ0v) is 19.9. The van der Waals surface area contributed by atoms with E-state index >= 15 is 0 Å². The molecule has 164 valence electrons. The summed E-state index contributed by atoms with van der Waals surface area (Å²) < 4.78 is 6.03. The second kappa shape index (κ2) is 9.85. The predicted molar refractivity (Wildman–Crippen MR) is 136 cm³/mol. The van der Waals surface area contributed by atoms with Gasteiger partial charge in [-0.2, -0.15) is 4.99 Å². The van der Waals surface area contributed by atoms with Gasteiger partial charge in [0.05, 0.1) is 12.4 Å². The number of thioether (sulfide) groups is 2. The van der Waals surface area contributed by atoms with Crippen LogP contribution in [0.25, 0.3) is 0 Å². The number of nitrogens with one attached hydrogen (secondary N) is 1. The molecular formula is C22H20N4O3S3. The second-order valence-corrected chi connectivity index (χ2v) is 9.56. The van der Waals surface area contributed by atoms with Crippen LogP contribution in [0, 0.1) is 6.92 Å². The summed E-state index contributed by atoms with van der Waals surface area (Å²) in [6.07, 6.45) is 0. The first kappa shape index (κ1) is 22.5. The standard InChI is InChI=1S/C22H20N4O3S3/c1-3-29-15-10-8-14(9-11-15)26-19-18(32-22(26)30)20(28)25-21(24-19)31-12-17(27)23-16-7-5-4-6-13(16)2/h4-11,18H,3,12H2,1-2H3,(H,23,27). The SMILES string of the molecule is CCOc1ccc(N2C(=S)SC3C(=O)N=C(SCC(=O)Nc4ccccc4C)N=C32)cc1. The number of fused-ring (bicyclic) bond motifs is 1. The number of rotatable bonds is 6. The van der Waals surface area contributed by atoms with Gasteiger partial charge >= 0.3 is 0 Å². The number of amides is 2. The molecule has 10 heteroatoms. The van der Waals surface area contributed by atoms with Gasteiger partial charge in [0, 0.05) is 11.4 Å². The monoisotopic (exact) mass is 484 g/mol. The number of aliphatic imine (C=N–C) groups is 2. The van der Waals surface area contributed by atoms with Gasteiger partial charge in [0.2, 0.25) is 5.91 Å². The molecule has 0 aliphatic carbocycles. The van der Waals surface area contributed by atoms with E-state index in [2.05, 4.69) is 15.3 Å². The van der Waals surface area contributed by atoms with E-state index in [-0.39, 0.29) is 22.7 Å². The van der Waals surface area contributed by atoms with E-state index in [1.807, 2.05) is 62.4 Å². The molecule has 1 N–H and O–H groups in total. The molecule has 2 amide bonds. The normalized spacial score (nSPS) is 17.6. The van der Waals surface area contributed by atoms with Crippen molar-refractivity contribution in [3.8, 4) is 5.75 Å². The van der Waals surface area contributed by atoms with E-state index in [1.54, 1.807) is 4.90 Å². The van der Waals surface area contributed by atoms with Crippen molar-refractivity contribution in [2.75, 3.05) is 22.6 Å². The van der Waals surface area contributed by atoms with E-state index in [1.165, 1.54) is 11.8 Å². The molecule has 0 bridgehead atoms. The van der Waals surface area contributed by atoms with Crippen molar-refractivity contribution in [3.63, 3.8) is 0 Å². The molecule has 2 heterocycles. The summed E-state index contributed by atoms with van der Waals surface area (Å²) in [5.41, 5.74) is 2.52. The molecule has 1 unspecified atom stereocenters. The van der Waals surface area contributed by atoms with Gasteiger partial charge in [-0.1, -0.05) is 53.9 Å². The molecule has 0 radical (unpaired) electrons. The summed E-state index contributed by atoms with van der Waals surface area (Å²) in [4.78, 5) is 35.4. The summed E-state index contributed by atoms with van der Waals surface area (Å²) in [7, 11) is 0. The van der Waals surface area contributed by atoms with Crippen molar-refractivity contribution in [1.82, 2.24) is 0 Å². The van der Waals surface area contributed by atoms with Gasteiger partial charge in [0.25, 0.3) is 5.91 Å². The first-order chi connectivity index (χ1) is 15.5. The number of para-hydroxylation sites is 1. The largest absolute Gasteiger partial charge is 0.494 e. The minimum absolute atomic E-state index is 0.0859. The second-order valence-electron chi connectivity index (χ2n) is 6.88. The van der Waals surface area contributed by atoms with Gasteiger partial charge in [-0.15, -0.1) is 0 Å². The molecule has 4 rings (SSSR count). The Labute approximate surface area is 199 Å². The van der Waals surface area contributed by atoms with Crippen molar-refractivity contribution in [2.45, 2.75) is 19.1 Å². The fourth-order valence-electron chi connectivity index (χ4n) is 3.15. The van der Waals surface area contributed by atoms with E-state index in [0.717, 1.165) is 34.4 Å². The predicted octanol–water partition coefficient (Wildman–Crippen LogP) is 4.27. The van der Waals surface area contributed by atoms with Gasteiger partial charge in [0.15, 0.2) is 10.4 Å². The van der Waals surface area contributed by atoms with E-state index < -0.39 is 5.25 Å². The minimum atomic E-state index is -0.570. The highest BCUT2D eigenvalue weighted by Crippen LogP contribution is 2.36. The summed E-state index contributed by atoms with van der Waals surface area (Å²) in [6, 6.07) is 15.0. The van der Waals surface area contributed by atoms with Gasteiger partial charge < -0.3 is 10.1 Å². The zero-order chi connectivity index (χ0) is 22.7. The van der Waals surface area contributed by atoms with Crippen LogP contribution in [-0.4, -0.2) is 44.7 Å².